The van der Waals surface area contributed by atoms with Gasteiger partial charge in [-0.15, -0.1) is 0 Å². The molecule has 0 saturated carbocycles. The second-order valence-electron chi connectivity index (χ2n) is 2.65. The topological polar surface area (TPSA) is 92.4 Å². The third-order valence-electron chi connectivity index (χ3n) is 1.33. The van der Waals surface area contributed by atoms with Gasteiger partial charge in [0.2, 0.25) is 10.0 Å². The fraction of sp³-hybridized carbons (Fsp3) is 0.143. The molecular formula is C7H10N2O3S. The SMILES string of the molecule is CS(=O)(=O)Nc1ccc(N)c(O)c1. The number of sulfonamides is 1. The van der Waals surface area contributed by atoms with E-state index < -0.39 is 10.0 Å². The van der Waals surface area contributed by atoms with Crippen LogP contribution < -0.4 is 10.5 Å². The average molecular weight is 202 g/mol. The summed E-state index contributed by atoms with van der Waals surface area (Å²) in [6.45, 7) is 0. The monoisotopic (exact) mass is 202 g/mol. The van der Waals surface area contributed by atoms with Crippen molar-refractivity contribution in [2.24, 2.45) is 0 Å². The van der Waals surface area contributed by atoms with Crippen LogP contribution in [0.3, 0.4) is 0 Å². The number of benzene rings is 1. The first-order valence-corrected chi connectivity index (χ1v) is 5.34. The van der Waals surface area contributed by atoms with Crippen molar-refractivity contribution >= 4 is 21.4 Å². The van der Waals surface area contributed by atoms with Gasteiger partial charge in [-0.25, -0.2) is 8.42 Å². The molecule has 0 spiro atoms. The van der Waals surface area contributed by atoms with Crippen LogP contribution in [-0.2, 0) is 10.0 Å². The Morgan fingerprint density at radius 1 is 1.46 bits per heavy atom. The molecule has 0 atom stereocenters. The smallest absolute Gasteiger partial charge is 0.229 e. The molecule has 0 aromatic heterocycles. The Balaban J connectivity index is 2.99. The third kappa shape index (κ3) is 2.83. The summed E-state index contributed by atoms with van der Waals surface area (Å²) >= 11 is 0. The highest BCUT2D eigenvalue weighted by Gasteiger charge is 2.03. The Kier molecular flexibility index (Phi) is 2.33. The standard InChI is InChI=1S/C7H10N2O3S/c1-13(11,12)9-5-2-3-6(8)7(10)4-5/h2-4,9-10H,8H2,1H3. The zero-order chi connectivity index (χ0) is 10.1. The maximum Gasteiger partial charge on any atom is 0.229 e. The molecule has 4 N–H and O–H groups in total. The van der Waals surface area contributed by atoms with Crippen LogP contribution in [0.5, 0.6) is 5.75 Å². The summed E-state index contributed by atoms with van der Waals surface area (Å²) in [4.78, 5) is 0. The van der Waals surface area contributed by atoms with Crippen LogP contribution in [0.4, 0.5) is 11.4 Å². The summed E-state index contributed by atoms with van der Waals surface area (Å²) < 4.78 is 23.8. The first-order chi connectivity index (χ1) is 5.88. The molecule has 0 radical (unpaired) electrons. The van der Waals surface area contributed by atoms with E-state index in [9.17, 15) is 8.42 Å². The van der Waals surface area contributed by atoms with Crippen LogP contribution in [0.1, 0.15) is 0 Å². The highest BCUT2D eigenvalue weighted by atomic mass is 32.2. The van der Waals surface area contributed by atoms with Crippen molar-refractivity contribution in [3.8, 4) is 5.75 Å². The van der Waals surface area contributed by atoms with Gasteiger partial charge < -0.3 is 10.8 Å². The molecular weight excluding hydrogens is 192 g/mol. The predicted octanol–water partition coefficient (Wildman–Crippen LogP) is 0.346. The summed E-state index contributed by atoms with van der Waals surface area (Å²) in [7, 11) is -3.31. The molecule has 13 heavy (non-hydrogen) atoms. The van der Waals surface area contributed by atoms with Crippen molar-refractivity contribution in [2.45, 2.75) is 0 Å². The first-order valence-electron chi connectivity index (χ1n) is 3.45. The number of nitrogens with two attached hydrogens (primary N) is 1. The minimum Gasteiger partial charge on any atom is -0.506 e. The van der Waals surface area contributed by atoms with E-state index >= 15 is 0 Å². The molecule has 1 rings (SSSR count). The lowest BCUT2D eigenvalue weighted by Gasteiger charge is -2.04. The van der Waals surface area contributed by atoms with E-state index in [0.29, 0.717) is 0 Å². The number of rotatable bonds is 2. The molecule has 0 fully saturated rings. The number of nitrogen functional groups attached to an aromatic ring is 1. The van der Waals surface area contributed by atoms with Crippen LogP contribution in [0, 0.1) is 0 Å². The summed E-state index contributed by atoms with van der Waals surface area (Å²) in [5, 5.41) is 9.14. The van der Waals surface area contributed by atoms with Gasteiger partial charge in [-0.2, -0.15) is 0 Å². The van der Waals surface area contributed by atoms with Gasteiger partial charge in [0.1, 0.15) is 5.75 Å². The van der Waals surface area contributed by atoms with Crippen LogP contribution in [-0.4, -0.2) is 19.8 Å². The summed E-state index contributed by atoms with van der Waals surface area (Å²) in [6.07, 6.45) is 1.03. The molecule has 0 amide bonds. The number of hydrogen-bond donors (Lipinski definition) is 3. The van der Waals surface area contributed by atoms with Gasteiger partial charge in [0.15, 0.2) is 0 Å². The van der Waals surface area contributed by atoms with E-state index in [-0.39, 0.29) is 17.1 Å². The molecule has 5 nitrogen and oxygen atoms in total. The molecule has 0 aliphatic heterocycles. The number of aromatic hydroxyl groups is 1. The summed E-state index contributed by atoms with van der Waals surface area (Å²) in [5.74, 6) is -0.145. The maximum atomic E-state index is 10.8. The second-order valence-corrected chi connectivity index (χ2v) is 4.40. The van der Waals surface area contributed by atoms with Crippen molar-refractivity contribution in [2.75, 3.05) is 16.7 Å². The first kappa shape index (κ1) is 9.66. The Labute approximate surface area is 76.2 Å². The van der Waals surface area contributed by atoms with Gasteiger partial charge >= 0.3 is 0 Å². The van der Waals surface area contributed by atoms with Crippen molar-refractivity contribution in [1.82, 2.24) is 0 Å². The van der Waals surface area contributed by atoms with Gasteiger partial charge in [0, 0.05) is 6.07 Å². The fourth-order valence-electron chi connectivity index (χ4n) is 0.821. The lowest BCUT2D eigenvalue weighted by Crippen LogP contribution is -2.09. The van der Waals surface area contributed by atoms with E-state index in [0.717, 1.165) is 6.26 Å². The molecule has 0 heterocycles. The van der Waals surface area contributed by atoms with E-state index in [2.05, 4.69) is 4.72 Å². The number of phenols is 1. The molecule has 0 saturated heterocycles. The van der Waals surface area contributed by atoms with E-state index in [4.69, 9.17) is 10.8 Å². The number of hydrogen-bond acceptors (Lipinski definition) is 4. The Bertz CT molecular complexity index is 414. The zero-order valence-corrected chi connectivity index (χ0v) is 7.80. The number of anilines is 2. The lowest BCUT2D eigenvalue weighted by molar-refractivity contribution is 0.478. The molecule has 1 aromatic rings. The molecule has 0 bridgehead atoms. The lowest BCUT2D eigenvalue weighted by atomic mass is 10.3. The van der Waals surface area contributed by atoms with Gasteiger partial charge in [0.05, 0.1) is 17.6 Å². The van der Waals surface area contributed by atoms with E-state index in [1.54, 1.807) is 0 Å². The Morgan fingerprint density at radius 3 is 2.54 bits per heavy atom. The molecule has 0 aliphatic rings. The third-order valence-corrected chi connectivity index (χ3v) is 1.94. The van der Waals surface area contributed by atoms with Crippen LogP contribution in [0.25, 0.3) is 0 Å². The van der Waals surface area contributed by atoms with Crippen LogP contribution in [0.2, 0.25) is 0 Å². The van der Waals surface area contributed by atoms with Crippen LogP contribution in [0.15, 0.2) is 18.2 Å². The van der Waals surface area contributed by atoms with Gasteiger partial charge in [-0.05, 0) is 12.1 Å². The Hall–Kier alpha value is -1.43. The highest BCUT2D eigenvalue weighted by molar-refractivity contribution is 7.92. The predicted molar refractivity (Wildman–Crippen MR) is 51.0 cm³/mol. The van der Waals surface area contributed by atoms with Crippen molar-refractivity contribution in [3.05, 3.63) is 18.2 Å². The summed E-state index contributed by atoms with van der Waals surface area (Å²) in [6, 6.07) is 4.13. The number of phenolic OH excluding ortho intramolecular Hbond substituents is 1. The quantitative estimate of drug-likeness (QED) is 0.476. The minimum atomic E-state index is -3.31. The molecule has 1 aromatic carbocycles. The van der Waals surface area contributed by atoms with Crippen molar-refractivity contribution in [3.63, 3.8) is 0 Å². The summed E-state index contributed by atoms with van der Waals surface area (Å²) in [5.41, 5.74) is 5.82. The minimum absolute atomic E-state index is 0.145. The maximum absolute atomic E-state index is 10.8. The van der Waals surface area contributed by atoms with E-state index in [1.807, 2.05) is 0 Å². The van der Waals surface area contributed by atoms with E-state index in [1.165, 1.54) is 18.2 Å². The second kappa shape index (κ2) is 3.14. The normalized spacial score (nSPS) is 11.2. The zero-order valence-electron chi connectivity index (χ0n) is 6.98. The van der Waals surface area contributed by atoms with Crippen molar-refractivity contribution in [1.29, 1.82) is 0 Å². The molecule has 72 valence electrons. The largest absolute Gasteiger partial charge is 0.506 e. The molecule has 0 unspecified atom stereocenters. The van der Waals surface area contributed by atoms with Crippen LogP contribution >= 0.6 is 0 Å². The van der Waals surface area contributed by atoms with Gasteiger partial charge in [0.25, 0.3) is 0 Å². The van der Waals surface area contributed by atoms with Gasteiger partial charge in [-0.3, -0.25) is 4.72 Å². The van der Waals surface area contributed by atoms with Gasteiger partial charge in [-0.1, -0.05) is 0 Å². The molecule has 0 aliphatic carbocycles. The van der Waals surface area contributed by atoms with Crippen molar-refractivity contribution < 1.29 is 13.5 Å². The average Bonchev–Trinajstić information content (AvgIpc) is 1.94. The fourth-order valence-corrected chi connectivity index (χ4v) is 1.38. The number of nitrogens with one attached hydrogen (secondary N) is 1. The Morgan fingerprint density at radius 2 is 2.08 bits per heavy atom. The highest BCUT2D eigenvalue weighted by Crippen LogP contribution is 2.23. The molecule has 6 heteroatoms.